The molecule has 0 aliphatic rings. The topological polar surface area (TPSA) is 80.4 Å². The molecule has 0 spiro atoms. The molecule has 5 nitrogen and oxygen atoms in total. The fourth-order valence-corrected chi connectivity index (χ4v) is 1.25. The molecular weight excluding hydrogens is 235 g/mol. The predicted octanol–water partition coefficient (Wildman–Crippen LogP) is 1.09. The van der Waals surface area contributed by atoms with E-state index < -0.39 is 11.7 Å². The van der Waals surface area contributed by atoms with Gasteiger partial charge in [0.25, 0.3) is 5.91 Å². The highest BCUT2D eigenvalue weighted by atomic mass is 35.5. The Bertz CT molecular complexity index is 424. The maximum Gasteiger partial charge on any atom is 0.251 e. The van der Waals surface area contributed by atoms with E-state index in [0.29, 0.717) is 13.1 Å². The standard InChI is InChI=1S/C9H10ClFN4O/c1-13-2-3-14-9-6(11)4-5(8(12)16)7(10)15-9/h4H,1-3H2,(H2,12,16)(H,14,15). The summed E-state index contributed by atoms with van der Waals surface area (Å²) >= 11 is 5.65. The van der Waals surface area contributed by atoms with Gasteiger partial charge in [-0.1, -0.05) is 11.6 Å². The number of carbonyl (C=O) groups is 1. The number of hydrogen-bond donors (Lipinski definition) is 2. The quantitative estimate of drug-likeness (QED) is 0.462. The number of rotatable bonds is 5. The van der Waals surface area contributed by atoms with Gasteiger partial charge >= 0.3 is 0 Å². The monoisotopic (exact) mass is 244 g/mol. The van der Waals surface area contributed by atoms with Crippen LogP contribution in [0.25, 0.3) is 0 Å². The van der Waals surface area contributed by atoms with Crippen molar-refractivity contribution >= 4 is 30.0 Å². The first-order valence-electron chi connectivity index (χ1n) is 4.38. The van der Waals surface area contributed by atoms with Gasteiger partial charge in [-0.15, -0.1) is 0 Å². The zero-order valence-corrected chi connectivity index (χ0v) is 9.09. The Hall–Kier alpha value is -1.69. The molecule has 7 heteroatoms. The van der Waals surface area contributed by atoms with Crippen molar-refractivity contribution in [3.05, 3.63) is 22.6 Å². The normalized spacial score (nSPS) is 9.88. The van der Waals surface area contributed by atoms with E-state index >= 15 is 0 Å². The number of halogens is 2. The van der Waals surface area contributed by atoms with Crippen LogP contribution in [0.2, 0.25) is 5.15 Å². The first kappa shape index (κ1) is 12.4. The maximum atomic E-state index is 13.4. The van der Waals surface area contributed by atoms with Crippen molar-refractivity contribution in [3.63, 3.8) is 0 Å². The molecule has 0 bridgehead atoms. The molecule has 0 aromatic carbocycles. The van der Waals surface area contributed by atoms with Gasteiger partial charge in [-0.3, -0.25) is 9.79 Å². The van der Waals surface area contributed by atoms with Crippen LogP contribution in [0.5, 0.6) is 0 Å². The molecule has 1 amide bonds. The van der Waals surface area contributed by atoms with E-state index in [1.807, 2.05) is 0 Å². The SMILES string of the molecule is C=NCCNc1nc(Cl)c(C(N)=O)cc1F. The van der Waals surface area contributed by atoms with Crippen LogP contribution < -0.4 is 11.1 Å². The van der Waals surface area contributed by atoms with Crippen molar-refractivity contribution in [1.82, 2.24) is 4.98 Å². The van der Waals surface area contributed by atoms with Crippen LogP contribution in [0.15, 0.2) is 11.1 Å². The highest BCUT2D eigenvalue weighted by Gasteiger charge is 2.13. The molecule has 0 aliphatic carbocycles. The van der Waals surface area contributed by atoms with Crippen LogP contribution in [0.3, 0.4) is 0 Å². The lowest BCUT2D eigenvalue weighted by molar-refractivity contribution is 0.0999. The van der Waals surface area contributed by atoms with E-state index in [0.717, 1.165) is 6.07 Å². The van der Waals surface area contributed by atoms with E-state index in [1.165, 1.54) is 0 Å². The van der Waals surface area contributed by atoms with Gasteiger partial charge in [0.05, 0.1) is 12.1 Å². The minimum absolute atomic E-state index is 0.0429. The van der Waals surface area contributed by atoms with Crippen LogP contribution in [-0.4, -0.2) is 30.7 Å². The minimum atomic E-state index is -0.823. The first-order chi connectivity index (χ1) is 7.56. The summed E-state index contributed by atoms with van der Waals surface area (Å²) in [6, 6.07) is 0.946. The summed E-state index contributed by atoms with van der Waals surface area (Å²) in [5.41, 5.74) is 4.83. The Labute approximate surface area is 96.5 Å². The Balaban J connectivity index is 2.92. The molecule has 1 aromatic rings. The second-order valence-electron chi connectivity index (χ2n) is 2.90. The predicted molar refractivity (Wildman–Crippen MR) is 60.6 cm³/mol. The summed E-state index contributed by atoms with van der Waals surface area (Å²) in [7, 11) is 0. The van der Waals surface area contributed by atoms with Gasteiger partial charge < -0.3 is 11.1 Å². The van der Waals surface area contributed by atoms with Gasteiger partial charge in [-0.25, -0.2) is 9.37 Å². The van der Waals surface area contributed by atoms with E-state index in [9.17, 15) is 9.18 Å². The lowest BCUT2D eigenvalue weighted by atomic mass is 10.2. The lowest BCUT2D eigenvalue weighted by Crippen LogP contribution is -2.15. The number of nitrogens with one attached hydrogen (secondary N) is 1. The Morgan fingerprint density at radius 1 is 1.75 bits per heavy atom. The van der Waals surface area contributed by atoms with E-state index in [1.54, 1.807) is 0 Å². The number of hydrogen-bond acceptors (Lipinski definition) is 4. The number of primary amides is 1. The smallest absolute Gasteiger partial charge is 0.251 e. The number of aromatic nitrogens is 1. The van der Waals surface area contributed by atoms with E-state index in [4.69, 9.17) is 17.3 Å². The molecule has 16 heavy (non-hydrogen) atoms. The van der Waals surface area contributed by atoms with E-state index in [-0.39, 0.29) is 16.5 Å². The Kier molecular flexibility index (Phi) is 4.19. The second kappa shape index (κ2) is 5.41. The van der Waals surface area contributed by atoms with Gasteiger partial charge in [-0.2, -0.15) is 0 Å². The molecule has 0 aliphatic heterocycles. The number of anilines is 1. The zero-order chi connectivity index (χ0) is 12.1. The number of carbonyl (C=O) groups excluding carboxylic acids is 1. The molecule has 3 N–H and O–H groups in total. The molecule has 1 rings (SSSR count). The molecule has 0 fully saturated rings. The molecule has 1 aromatic heterocycles. The third-order valence-corrected chi connectivity index (χ3v) is 2.05. The number of nitrogens with two attached hydrogens (primary N) is 1. The fraction of sp³-hybridized carbons (Fsp3) is 0.222. The van der Waals surface area contributed by atoms with Crippen LogP contribution in [0.1, 0.15) is 10.4 Å². The highest BCUT2D eigenvalue weighted by Crippen LogP contribution is 2.19. The average Bonchev–Trinajstić information content (AvgIpc) is 2.22. The van der Waals surface area contributed by atoms with Gasteiger partial charge in [0.1, 0.15) is 5.15 Å². The largest absolute Gasteiger partial charge is 0.366 e. The van der Waals surface area contributed by atoms with Crippen LogP contribution in [0, 0.1) is 5.82 Å². The minimum Gasteiger partial charge on any atom is -0.366 e. The first-order valence-corrected chi connectivity index (χ1v) is 4.76. The molecular formula is C9H10ClFN4O. The molecule has 0 saturated heterocycles. The second-order valence-corrected chi connectivity index (χ2v) is 3.25. The molecule has 0 unspecified atom stereocenters. The Morgan fingerprint density at radius 2 is 2.44 bits per heavy atom. The average molecular weight is 245 g/mol. The zero-order valence-electron chi connectivity index (χ0n) is 8.33. The van der Waals surface area contributed by atoms with Gasteiger partial charge in [0.2, 0.25) is 0 Å². The van der Waals surface area contributed by atoms with Gasteiger partial charge in [0.15, 0.2) is 11.6 Å². The van der Waals surface area contributed by atoms with Gasteiger partial charge in [-0.05, 0) is 12.8 Å². The van der Waals surface area contributed by atoms with Crippen molar-refractivity contribution in [2.45, 2.75) is 0 Å². The van der Waals surface area contributed by atoms with Crippen molar-refractivity contribution < 1.29 is 9.18 Å². The maximum absolute atomic E-state index is 13.4. The third kappa shape index (κ3) is 2.90. The lowest BCUT2D eigenvalue weighted by Gasteiger charge is -2.07. The highest BCUT2D eigenvalue weighted by molar-refractivity contribution is 6.32. The van der Waals surface area contributed by atoms with Crippen molar-refractivity contribution in [2.24, 2.45) is 10.7 Å². The van der Waals surface area contributed by atoms with E-state index in [2.05, 4.69) is 22.0 Å². The summed E-state index contributed by atoms with van der Waals surface area (Å²) in [5, 5.41) is 2.53. The number of pyridine rings is 1. The van der Waals surface area contributed by atoms with Crippen LogP contribution >= 0.6 is 11.6 Å². The summed E-state index contributed by atoms with van der Waals surface area (Å²) in [6.45, 7) is 4.07. The summed E-state index contributed by atoms with van der Waals surface area (Å²) in [5.74, 6) is -1.56. The van der Waals surface area contributed by atoms with Crippen molar-refractivity contribution in [2.75, 3.05) is 18.4 Å². The summed E-state index contributed by atoms with van der Waals surface area (Å²) in [6.07, 6.45) is 0. The number of amides is 1. The van der Waals surface area contributed by atoms with Crippen LogP contribution in [-0.2, 0) is 0 Å². The van der Waals surface area contributed by atoms with Crippen LogP contribution in [0.4, 0.5) is 10.2 Å². The molecule has 0 atom stereocenters. The van der Waals surface area contributed by atoms with Gasteiger partial charge in [0, 0.05) is 6.54 Å². The van der Waals surface area contributed by atoms with Crippen molar-refractivity contribution in [1.29, 1.82) is 0 Å². The van der Waals surface area contributed by atoms with Crippen molar-refractivity contribution in [3.8, 4) is 0 Å². The number of nitrogens with zero attached hydrogens (tertiary/aromatic N) is 2. The molecule has 0 radical (unpaired) electrons. The molecule has 86 valence electrons. The number of aliphatic imine (C=N–C) groups is 1. The summed E-state index contributed by atoms with van der Waals surface area (Å²) in [4.78, 5) is 18.1. The molecule has 0 saturated carbocycles. The third-order valence-electron chi connectivity index (χ3n) is 1.76. The fourth-order valence-electron chi connectivity index (χ4n) is 1.02. The summed E-state index contributed by atoms with van der Waals surface area (Å²) < 4.78 is 13.4. The molecule has 1 heterocycles. The Morgan fingerprint density at radius 3 is 3.00 bits per heavy atom.